The molecule has 0 fully saturated rings. The Hall–Kier alpha value is -1.58. The number of imidazole rings is 1. The number of halogens is 2. The average molecular weight is 320 g/mol. The molecule has 0 aliphatic carbocycles. The lowest BCUT2D eigenvalue weighted by Crippen LogP contribution is -2.04. The second-order valence-corrected chi connectivity index (χ2v) is 5.60. The SMILES string of the molecule is ClCc1nc2cc(Cl)cnc2n1CCCc1ccccc1. The summed E-state index contributed by atoms with van der Waals surface area (Å²) in [6, 6.07) is 12.3. The van der Waals surface area contributed by atoms with Crippen LogP contribution in [0, 0.1) is 0 Å². The molecule has 0 saturated carbocycles. The van der Waals surface area contributed by atoms with Crippen molar-refractivity contribution in [3.8, 4) is 0 Å². The van der Waals surface area contributed by atoms with Crippen LogP contribution >= 0.6 is 23.2 Å². The van der Waals surface area contributed by atoms with Gasteiger partial charge in [-0.3, -0.25) is 0 Å². The molecule has 1 aromatic carbocycles. The summed E-state index contributed by atoms with van der Waals surface area (Å²) in [7, 11) is 0. The molecule has 0 bridgehead atoms. The highest BCUT2D eigenvalue weighted by atomic mass is 35.5. The quantitative estimate of drug-likeness (QED) is 0.650. The zero-order chi connectivity index (χ0) is 14.7. The van der Waals surface area contributed by atoms with Gasteiger partial charge in [-0.1, -0.05) is 41.9 Å². The van der Waals surface area contributed by atoms with Crippen molar-refractivity contribution in [2.45, 2.75) is 25.3 Å². The molecule has 108 valence electrons. The first-order valence-electron chi connectivity index (χ1n) is 6.88. The Morgan fingerprint density at radius 3 is 2.71 bits per heavy atom. The third-order valence-corrected chi connectivity index (χ3v) is 3.89. The summed E-state index contributed by atoms with van der Waals surface area (Å²) >= 11 is 12.0. The second-order valence-electron chi connectivity index (χ2n) is 4.90. The van der Waals surface area contributed by atoms with Crippen LogP contribution in [0.25, 0.3) is 11.2 Å². The minimum absolute atomic E-state index is 0.374. The van der Waals surface area contributed by atoms with Gasteiger partial charge in [0.15, 0.2) is 5.65 Å². The van der Waals surface area contributed by atoms with Crippen molar-refractivity contribution >= 4 is 34.4 Å². The summed E-state index contributed by atoms with van der Waals surface area (Å²) in [5, 5.41) is 0.595. The van der Waals surface area contributed by atoms with Crippen molar-refractivity contribution in [2.24, 2.45) is 0 Å². The summed E-state index contributed by atoms with van der Waals surface area (Å²) in [4.78, 5) is 8.89. The highest BCUT2D eigenvalue weighted by Gasteiger charge is 2.11. The van der Waals surface area contributed by atoms with Gasteiger partial charge in [0, 0.05) is 12.7 Å². The largest absolute Gasteiger partial charge is 0.312 e. The van der Waals surface area contributed by atoms with E-state index >= 15 is 0 Å². The maximum atomic E-state index is 6.00. The van der Waals surface area contributed by atoms with E-state index in [1.54, 1.807) is 6.20 Å². The maximum Gasteiger partial charge on any atom is 0.160 e. The first-order valence-corrected chi connectivity index (χ1v) is 7.80. The van der Waals surface area contributed by atoms with E-state index in [-0.39, 0.29) is 0 Å². The number of fused-ring (bicyclic) bond motifs is 1. The molecule has 3 aromatic rings. The number of nitrogens with zero attached hydrogens (tertiary/aromatic N) is 3. The predicted molar refractivity (Wildman–Crippen MR) is 86.9 cm³/mol. The minimum atomic E-state index is 0.374. The molecule has 0 N–H and O–H groups in total. The lowest BCUT2D eigenvalue weighted by Gasteiger charge is -2.07. The van der Waals surface area contributed by atoms with Gasteiger partial charge in [-0.2, -0.15) is 0 Å². The number of alkyl halides is 1. The van der Waals surface area contributed by atoms with Gasteiger partial charge in [0.1, 0.15) is 11.3 Å². The number of aromatic nitrogens is 3. The Kier molecular flexibility index (Phi) is 4.42. The highest BCUT2D eigenvalue weighted by molar-refractivity contribution is 6.31. The normalized spacial score (nSPS) is 11.1. The van der Waals surface area contributed by atoms with Crippen LogP contribution in [0.1, 0.15) is 17.8 Å². The van der Waals surface area contributed by atoms with Gasteiger partial charge in [-0.05, 0) is 24.5 Å². The van der Waals surface area contributed by atoms with Crippen molar-refractivity contribution < 1.29 is 0 Å². The molecule has 0 aliphatic rings. The Morgan fingerprint density at radius 1 is 1.14 bits per heavy atom. The maximum absolute atomic E-state index is 6.00. The van der Waals surface area contributed by atoms with Crippen molar-refractivity contribution in [2.75, 3.05) is 0 Å². The summed E-state index contributed by atoms with van der Waals surface area (Å²) in [6.07, 6.45) is 3.69. The first kappa shape index (κ1) is 14.4. The van der Waals surface area contributed by atoms with E-state index in [0.717, 1.165) is 36.4 Å². The van der Waals surface area contributed by atoms with Crippen LogP contribution in [0.2, 0.25) is 5.02 Å². The van der Waals surface area contributed by atoms with Crippen LogP contribution in [0.15, 0.2) is 42.6 Å². The summed E-state index contributed by atoms with van der Waals surface area (Å²) in [5.74, 6) is 1.22. The van der Waals surface area contributed by atoms with E-state index in [0.29, 0.717) is 10.9 Å². The fourth-order valence-electron chi connectivity index (χ4n) is 2.46. The van der Waals surface area contributed by atoms with Crippen molar-refractivity contribution in [1.29, 1.82) is 0 Å². The van der Waals surface area contributed by atoms with E-state index in [2.05, 4.69) is 38.8 Å². The monoisotopic (exact) mass is 319 g/mol. The Labute approximate surface area is 133 Å². The summed E-state index contributed by atoms with van der Waals surface area (Å²) in [5.41, 5.74) is 2.99. The average Bonchev–Trinajstić information content (AvgIpc) is 2.85. The zero-order valence-electron chi connectivity index (χ0n) is 11.5. The molecule has 0 amide bonds. The zero-order valence-corrected chi connectivity index (χ0v) is 13.0. The van der Waals surface area contributed by atoms with E-state index in [1.807, 2.05) is 12.1 Å². The number of aryl methyl sites for hydroxylation is 2. The van der Waals surface area contributed by atoms with Gasteiger partial charge in [0.05, 0.1) is 10.9 Å². The van der Waals surface area contributed by atoms with E-state index in [1.165, 1.54) is 5.56 Å². The Bertz CT molecular complexity index is 738. The minimum Gasteiger partial charge on any atom is -0.312 e. The molecule has 0 aliphatic heterocycles. The molecule has 2 aromatic heterocycles. The number of benzene rings is 1. The van der Waals surface area contributed by atoms with Crippen molar-refractivity contribution in [3.63, 3.8) is 0 Å². The van der Waals surface area contributed by atoms with Crippen LogP contribution in [0.5, 0.6) is 0 Å². The van der Waals surface area contributed by atoms with Gasteiger partial charge >= 0.3 is 0 Å². The van der Waals surface area contributed by atoms with Crippen LogP contribution in [0.4, 0.5) is 0 Å². The molecule has 2 heterocycles. The highest BCUT2D eigenvalue weighted by Crippen LogP contribution is 2.20. The molecule has 5 heteroatoms. The predicted octanol–water partition coefficient (Wildman–Crippen LogP) is 4.46. The molecule has 0 spiro atoms. The van der Waals surface area contributed by atoms with Gasteiger partial charge in [-0.25, -0.2) is 9.97 Å². The van der Waals surface area contributed by atoms with Crippen molar-refractivity contribution in [3.05, 3.63) is 59.0 Å². The number of rotatable bonds is 5. The third kappa shape index (κ3) is 3.20. The number of hydrogen-bond acceptors (Lipinski definition) is 2. The van der Waals surface area contributed by atoms with Crippen molar-refractivity contribution in [1.82, 2.24) is 14.5 Å². The molecule has 3 rings (SSSR count). The molecular formula is C16H15Cl2N3. The van der Waals surface area contributed by atoms with E-state index < -0.39 is 0 Å². The lowest BCUT2D eigenvalue weighted by molar-refractivity contribution is 0.634. The number of hydrogen-bond donors (Lipinski definition) is 0. The standard InChI is InChI=1S/C16H15Cl2N3/c17-10-15-20-14-9-13(18)11-19-16(14)21(15)8-4-7-12-5-2-1-3-6-12/h1-3,5-6,9,11H,4,7-8,10H2. The molecule has 21 heavy (non-hydrogen) atoms. The Morgan fingerprint density at radius 2 is 1.95 bits per heavy atom. The smallest absolute Gasteiger partial charge is 0.160 e. The fraction of sp³-hybridized carbons (Fsp3) is 0.250. The Balaban J connectivity index is 1.79. The van der Waals surface area contributed by atoms with Gasteiger partial charge < -0.3 is 4.57 Å². The van der Waals surface area contributed by atoms with Gasteiger partial charge in [0.2, 0.25) is 0 Å². The lowest BCUT2D eigenvalue weighted by atomic mass is 10.1. The molecule has 0 radical (unpaired) electrons. The fourth-order valence-corrected chi connectivity index (χ4v) is 2.81. The summed E-state index contributed by atoms with van der Waals surface area (Å²) < 4.78 is 2.08. The molecule has 0 unspecified atom stereocenters. The summed E-state index contributed by atoms with van der Waals surface area (Å²) in [6.45, 7) is 0.849. The van der Waals surface area contributed by atoms with Gasteiger partial charge in [-0.15, -0.1) is 11.6 Å². The van der Waals surface area contributed by atoms with E-state index in [9.17, 15) is 0 Å². The van der Waals surface area contributed by atoms with Crippen LogP contribution in [-0.4, -0.2) is 14.5 Å². The second kappa shape index (κ2) is 6.46. The van der Waals surface area contributed by atoms with Gasteiger partial charge in [0.25, 0.3) is 0 Å². The molecular weight excluding hydrogens is 305 g/mol. The van der Waals surface area contributed by atoms with E-state index in [4.69, 9.17) is 23.2 Å². The topological polar surface area (TPSA) is 30.7 Å². The molecule has 3 nitrogen and oxygen atoms in total. The van der Waals surface area contributed by atoms with Crippen LogP contribution in [-0.2, 0) is 18.8 Å². The third-order valence-electron chi connectivity index (χ3n) is 3.44. The molecule has 0 saturated heterocycles. The number of pyridine rings is 1. The van der Waals surface area contributed by atoms with Crippen LogP contribution < -0.4 is 0 Å². The molecule has 0 atom stereocenters. The first-order chi connectivity index (χ1) is 10.3. The van der Waals surface area contributed by atoms with Crippen LogP contribution in [0.3, 0.4) is 0 Å².